The van der Waals surface area contributed by atoms with Crippen LogP contribution in [0.2, 0.25) is 0 Å². The van der Waals surface area contributed by atoms with Gasteiger partial charge in [0.05, 0.1) is 5.60 Å². The lowest BCUT2D eigenvalue weighted by atomic mass is 9.68. The van der Waals surface area contributed by atoms with E-state index in [1.165, 1.54) is 12.1 Å². The molecule has 2 aliphatic rings. The van der Waals surface area contributed by atoms with Gasteiger partial charge in [0, 0.05) is 43.5 Å². The number of aliphatic hydroxyl groups is 1. The van der Waals surface area contributed by atoms with E-state index in [2.05, 4.69) is 9.88 Å². The molecule has 0 amide bonds. The Morgan fingerprint density at radius 2 is 2.08 bits per heavy atom. The van der Waals surface area contributed by atoms with Crippen LogP contribution in [-0.2, 0) is 12.1 Å². The molecule has 1 aromatic carbocycles. The molecular weight excluding hydrogens is 322 g/mol. The molecular formula is C20H22F2N2O. The Kier molecular flexibility index (Phi) is 4.29. The predicted octanol–water partition coefficient (Wildman–Crippen LogP) is 3.48. The highest BCUT2D eigenvalue weighted by Crippen LogP contribution is 2.48. The normalized spacial score (nSPS) is 29.6. The average Bonchev–Trinajstić information content (AvgIpc) is 3.03. The average molecular weight is 344 g/mol. The van der Waals surface area contributed by atoms with E-state index in [9.17, 15) is 13.9 Å². The van der Waals surface area contributed by atoms with Gasteiger partial charge < -0.3 is 5.11 Å². The van der Waals surface area contributed by atoms with Gasteiger partial charge in [0.2, 0.25) is 0 Å². The van der Waals surface area contributed by atoms with Gasteiger partial charge in [0.25, 0.3) is 0 Å². The largest absolute Gasteiger partial charge is 0.385 e. The van der Waals surface area contributed by atoms with Crippen LogP contribution in [0.3, 0.4) is 0 Å². The maximum Gasteiger partial charge on any atom is 0.159 e. The number of likely N-dealkylation sites (tertiary alicyclic amines) is 1. The Bertz CT molecular complexity index is 755. The molecule has 3 nitrogen and oxygen atoms in total. The van der Waals surface area contributed by atoms with E-state index in [0.717, 1.165) is 43.5 Å². The fourth-order valence-electron chi connectivity index (χ4n) is 4.62. The van der Waals surface area contributed by atoms with E-state index in [1.807, 2.05) is 12.1 Å². The monoisotopic (exact) mass is 344 g/mol. The van der Waals surface area contributed by atoms with Crippen molar-refractivity contribution in [2.75, 3.05) is 13.1 Å². The molecule has 1 aliphatic carbocycles. The van der Waals surface area contributed by atoms with Gasteiger partial charge in [-0.05, 0) is 48.9 Å². The highest BCUT2D eigenvalue weighted by molar-refractivity contribution is 5.23. The van der Waals surface area contributed by atoms with Gasteiger partial charge in [0.15, 0.2) is 11.6 Å². The van der Waals surface area contributed by atoms with Crippen molar-refractivity contribution in [3.8, 4) is 0 Å². The minimum atomic E-state index is -0.847. The third kappa shape index (κ3) is 3.07. The first-order chi connectivity index (χ1) is 12.1. The molecule has 0 radical (unpaired) electrons. The molecule has 1 N–H and O–H groups in total. The molecule has 5 heteroatoms. The van der Waals surface area contributed by atoms with E-state index >= 15 is 0 Å². The SMILES string of the molecule is O[C@]1(c2cccnc2)CCC[C@H]2CN(Cc3ccc(F)c(F)c3)C[C@@H]21. The summed E-state index contributed by atoms with van der Waals surface area (Å²) in [6.45, 7) is 2.22. The van der Waals surface area contributed by atoms with Gasteiger partial charge in [-0.25, -0.2) is 8.78 Å². The molecule has 1 saturated heterocycles. The van der Waals surface area contributed by atoms with Crippen molar-refractivity contribution >= 4 is 0 Å². The molecule has 1 aliphatic heterocycles. The van der Waals surface area contributed by atoms with Crippen molar-refractivity contribution in [1.82, 2.24) is 9.88 Å². The minimum absolute atomic E-state index is 0.149. The second kappa shape index (κ2) is 6.46. The number of rotatable bonds is 3. The summed E-state index contributed by atoms with van der Waals surface area (Å²) in [6, 6.07) is 7.90. The molecule has 2 aromatic rings. The van der Waals surface area contributed by atoms with Crippen LogP contribution in [0.4, 0.5) is 8.78 Å². The maximum absolute atomic E-state index is 13.5. The quantitative estimate of drug-likeness (QED) is 0.926. The van der Waals surface area contributed by atoms with Crippen molar-refractivity contribution in [2.45, 2.75) is 31.4 Å². The summed E-state index contributed by atoms with van der Waals surface area (Å²) in [6.07, 6.45) is 6.32. The maximum atomic E-state index is 13.5. The van der Waals surface area contributed by atoms with E-state index in [1.54, 1.807) is 18.5 Å². The number of benzene rings is 1. The van der Waals surface area contributed by atoms with Gasteiger partial charge in [-0.1, -0.05) is 12.1 Å². The zero-order valence-electron chi connectivity index (χ0n) is 14.0. The van der Waals surface area contributed by atoms with E-state index in [-0.39, 0.29) is 5.92 Å². The lowest BCUT2D eigenvalue weighted by molar-refractivity contribution is -0.0650. The van der Waals surface area contributed by atoms with Crippen LogP contribution in [-0.4, -0.2) is 28.1 Å². The molecule has 132 valence electrons. The van der Waals surface area contributed by atoms with Crippen LogP contribution in [0.5, 0.6) is 0 Å². The fraction of sp³-hybridized carbons (Fsp3) is 0.450. The van der Waals surface area contributed by atoms with Crippen molar-refractivity contribution in [1.29, 1.82) is 0 Å². The molecule has 0 spiro atoms. The number of hydrogen-bond acceptors (Lipinski definition) is 3. The van der Waals surface area contributed by atoms with Crippen molar-refractivity contribution in [3.05, 3.63) is 65.5 Å². The number of hydrogen-bond donors (Lipinski definition) is 1. The summed E-state index contributed by atoms with van der Waals surface area (Å²) in [5.74, 6) is -1.05. The summed E-state index contributed by atoms with van der Waals surface area (Å²) in [7, 11) is 0. The van der Waals surface area contributed by atoms with Crippen molar-refractivity contribution < 1.29 is 13.9 Å². The van der Waals surface area contributed by atoms with Gasteiger partial charge >= 0.3 is 0 Å². The molecule has 0 unspecified atom stereocenters. The lowest BCUT2D eigenvalue weighted by Crippen LogP contribution is -2.42. The summed E-state index contributed by atoms with van der Waals surface area (Å²) < 4.78 is 26.6. The highest BCUT2D eigenvalue weighted by Gasteiger charge is 2.49. The standard InChI is InChI=1S/C20H22F2N2O/c21-18-6-5-14(9-19(18)22)11-24-12-15-3-1-7-20(25,17(15)13-24)16-4-2-8-23-10-16/h2,4-6,8-10,15,17,25H,1,3,7,11-13H2/t15-,17-,20-/m0/s1. The zero-order chi connectivity index (χ0) is 17.4. The number of halogens is 2. The van der Waals surface area contributed by atoms with Crippen molar-refractivity contribution in [2.24, 2.45) is 11.8 Å². The summed E-state index contributed by atoms with van der Waals surface area (Å²) >= 11 is 0. The van der Waals surface area contributed by atoms with Crippen LogP contribution in [0.1, 0.15) is 30.4 Å². The second-order valence-corrected chi connectivity index (χ2v) is 7.37. The Balaban J connectivity index is 1.53. The smallest absolute Gasteiger partial charge is 0.159 e. The van der Waals surface area contributed by atoms with Gasteiger partial charge in [-0.2, -0.15) is 0 Å². The first kappa shape index (κ1) is 16.6. The predicted molar refractivity (Wildman–Crippen MR) is 90.6 cm³/mol. The molecule has 2 fully saturated rings. The van der Waals surface area contributed by atoms with Crippen LogP contribution in [0, 0.1) is 23.5 Å². The second-order valence-electron chi connectivity index (χ2n) is 7.37. The molecule has 0 bridgehead atoms. The summed E-state index contributed by atoms with van der Waals surface area (Å²) in [5.41, 5.74) is 0.807. The van der Waals surface area contributed by atoms with Crippen LogP contribution >= 0.6 is 0 Å². The van der Waals surface area contributed by atoms with E-state index in [0.29, 0.717) is 12.5 Å². The molecule has 2 heterocycles. The number of aromatic nitrogens is 1. The summed E-state index contributed by atoms with van der Waals surface area (Å²) in [4.78, 5) is 6.42. The number of fused-ring (bicyclic) bond motifs is 1. The number of nitrogens with zero attached hydrogens (tertiary/aromatic N) is 2. The molecule has 3 atom stereocenters. The molecule has 25 heavy (non-hydrogen) atoms. The van der Waals surface area contributed by atoms with E-state index in [4.69, 9.17) is 0 Å². The Labute approximate surface area is 146 Å². The highest BCUT2D eigenvalue weighted by atomic mass is 19.2. The van der Waals surface area contributed by atoms with Crippen LogP contribution in [0.15, 0.2) is 42.7 Å². The Hall–Kier alpha value is -1.85. The zero-order valence-corrected chi connectivity index (χ0v) is 14.0. The molecule has 4 rings (SSSR count). The molecule has 1 aromatic heterocycles. The van der Waals surface area contributed by atoms with Crippen LogP contribution < -0.4 is 0 Å². The van der Waals surface area contributed by atoms with Gasteiger partial charge in [-0.3, -0.25) is 9.88 Å². The van der Waals surface area contributed by atoms with Crippen molar-refractivity contribution in [3.63, 3.8) is 0 Å². The first-order valence-electron chi connectivity index (χ1n) is 8.85. The Morgan fingerprint density at radius 1 is 1.20 bits per heavy atom. The topological polar surface area (TPSA) is 36.4 Å². The van der Waals surface area contributed by atoms with Gasteiger partial charge in [-0.15, -0.1) is 0 Å². The third-order valence-corrected chi connectivity index (χ3v) is 5.81. The lowest BCUT2D eigenvalue weighted by Gasteiger charge is -2.41. The Morgan fingerprint density at radius 3 is 2.84 bits per heavy atom. The summed E-state index contributed by atoms with van der Waals surface area (Å²) in [5, 5.41) is 11.4. The fourth-order valence-corrected chi connectivity index (χ4v) is 4.62. The van der Waals surface area contributed by atoms with E-state index < -0.39 is 17.2 Å². The molecule has 1 saturated carbocycles. The van der Waals surface area contributed by atoms with Crippen LogP contribution in [0.25, 0.3) is 0 Å². The first-order valence-corrected chi connectivity index (χ1v) is 8.85. The minimum Gasteiger partial charge on any atom is -0.385 e. The third-order valence-electron chi connectivity index (χ3n) is 5.81. The number of pyridine rings is 1. The van der Waals surface area contributed by atoms with Gasteiger partial charge in [0.1, 0.15) is 0 Å².